The van der Waals surface area contributed by atoms with Crippen molar-refractivity contribution in [2.75, 3.05) is 14.2 Å². The van der Waals surface area contributed by atoms with Crippen LogP contribution in [0, 0.1) is 0 Å². The predicted molar refractivity (Wildman–Crippen MR) is 56.5 cm³/mol. The lowest BCUT2D eigenvalue weighted by atomic mass is 10.1. The fourth-order valence-corrected chi connectivity index (χ4v) is 1.14. The zero-order valence-electron chi connectivity index (χ0n) is 7.94. The normalized spacial score (nSPS) is 9.29. The Labute approximate surface area is 87.6 Å². The van der Waals surface area contributed by atoms with Crippen molar-refractivity contribution in [2.24, 2.45) is 0 Å². The molecule has 0 aliphatic carbocycles. The Morgan fingerprint density at radius 1 is 1.21 bits per heavy atom. The highest BCUT2D eigenvalue weighted by atomic mass is 32.1. The molecule has 1 aromatic rings. The van der Waals surface area contributed by atoms with Crippen molar-refractivity contribution < 1.29 is 14.3 Å². The summed E-state index contributed by atoms with van der Waals surface area (Å²) >= 11 is 4.93. The second-order valence-corrected chi connectivity index (χ2v) is 2.93. The number of hydrogen-bond acceptors (Lipinski definition) is 4. The standard InChI is InChI=1S/C10H10O3S/c1-12-9(11)7-4-3-5-8(6-7)10(14)13-2/h3-6H,1-2H3. The molecule has 4 heteroatoms. The highest BCUT2D eigenvalue weighted by Crippen LogP contribution is 2.08. The number of methoxy groups -OCH3 is 2. The van der Waals surface area contributed by atoms with Crippen molar-refractivity contribution in [3.63, 3.8) is 0 Å². The van der Waals surface area contributed by atoms with Crippen LogP contribution in [0.3, 0.4) is 0 Å². The molecule has 0 fully saturated rings. The van der Waals surface area contributed by atoms with Crippen molar-refractivity contribution in [1.82, 2.24) is 0 Å². The molecule has 0 amide bonds. The number of hydrogen-bond donors (Lipinski definition) is 0. The number of carbonyl (C=O) groups is 1. The third-order valence-corrected chi connectivity index (χ3v) is 2.11. The Kier molecular flexibility index (Phi) is 3.59. The fraction of sp³-hybridized carbons (Fsp3) is 0.200. The Hall–Kier alpha value is -1.42. The first-order valence-corrected chi connectivity index (χ1v) is 4.36. The summed E-state index contributed by atoms with van der Waals surface area (Å²) < 4.78 is 9.47. The molecule has 74 valence electrons. The number of thiocarbonyl (C=S) groups is 1. The molecule has 0 aliphatic heterocycles. The minimum Gasteiger partial charge on any atom is -0.486 e. The number of esters is 1. The molecule has 0 atom stereocenters. The first-order valence-electron chi connectivity index (χ1n) is 3.95. The van der Waals surface area contributed by atoms with Gasteiger partial charge in [-0.25, -0.2) is 4.79 Å². The van der Waals surface area contributed by atoms with E-state index >= 15 is 0 Å². The molecule has 1 aromatic carbocycles. The van der Waals surface area contributed by atoms with E-state index in [-0.39, 0.29) is 5.97 Å². The van der Waals surface area contributed by atoms with E-state index in [1.54, 1.807) is 24.3 Å². The molecule has 1 rings (SSSR count). The van der Waals surface area contributed by atoms with E-state index in [0.29, 0.717) is 16.2 Å². The van der Waals surface area contributed by atoms with Gasteiger partial charge in [-0.15, -0.1) is 0 Å². The van der Waals surface area contributed by atoms with Crippen LogP contribution in [0.15, 0.2) is 24.3 Å². The summed E-state index contributed by atoms with van der Waals surface area (Å²) in [6, 6.07) is 6.80. The molecule has 0 heterocycles. The topological polar surface area (TPSA) is 35.5 Å². The molecular formula is C10H10O3S. The number of rotatable bonds is 2. The van der Waals surface area contributed by atoms with Gasteiger partial charge in [-0.05, 0) is 24.4 Å². The van der Waals surface area contributed by atoms with E-state index in [2.05, 4.69) is 4.74 Å². The molecule has 0 saturated heterocycles. The molecular weight excluding hydrogens is 200 g/mol. The van der Waals surface area contributed by atoms with E-state index in [0.717, 1.165) is 0 Å². The summed E-state index contributed by atoms with van der Waals surface area (Å²) in [7, 11) is 2.83. The van der Waals surface area contributed by atoms with E-state index in [4.69, 9.17) is 17.0 Å². The van der Waals surface area contributed by atoms with Crippen molar-refractivity contribution in [3.05, 3.63) is 35.4 Å². The molecule has 0 radical (unpaired) electrons. The smallest absolute Gasteiger partial charge is 0.337 e. The van der Waals surface area contributed by atoms with Gasteiger partial charge < -0.3 is 9.47 Å². The van der Waals surface area contributed by atoms with Crippen LogP contribution in [0.5, 0.6) is 0 Å². The van der Waals surface area contributed by atoms with Crippen molar-refractivity contribution in [2.45, 2.75) is 0 Å². The van der Waals surface area contributed by atoms with Crippen molar-refractivity contribution >= 4 is 23.2 Å². The van der Waals surface area contributed by atoms with Gasteiger partial charge in [0.15, 0.2) is 5.05 Å². The zero-order valence-corrected chi connectivity index (χ0v) is 8.76. The Morgan fingerprint density at radius 3 is 2.43 bits per heavy atom. The average Bonchev–Trinajstić information content (AvgIpc) is 2.27. The summed E-state index contributed by atoms with van der Waals surface area (Å²) in [6.45, 7) is 0. The number of ether oxygens (including phenoxy) is 2. The Balaban J connectivity index is 3.01. The molecule has 14 heavy (non-hydrogen) atoms. The molecule has 0 saturated carbocycles. The van der Waals surface area contributed by atoms with Gasteiger partial charge in [0, 0.05) is 5.56 Å². The summed E-state index contributed by atoms with van der Waals surface area (Å²) in [5, 5.41) is 0.357. The SMILES string of the molecule is COC(=O)c1cccc(C(=S)OC)c1. The van der Waals surface area contributed by atoms with Gasteiger partial charge in [-0.2, -0.15) is 0 Å². The quantitative estimate of drug-likeness (QED) is 0.550. The van der Waals surface area contributed by atoms with Crippen LogP contribution in [0.1, 0.15) is 15.9 Å². The van der Waals surface area contributed by atoms with Crippen LogP contribution in [0.4, 0.5) is 0 Å². The van der Waals surface area contributed by atoms with Gasteiger partial charge in [0.25, 0.3) is 0 Å². The van der Waals surface area contributed by atoms with Gasteiger partial charge >= 0.3 is 5.97 Å². The Morgan fingerprint density at radius 2 is 1.86 bits per heavy atom. The maximum absolute atomic E-state index is 11.2. The Bertz CT molecular complexity index is 329. The molecule has 0 aromatic heterocycles. The van der Waals surface area contributed by atoms with Gasteiger partial charge in [0.1, 0.15) is 0 Å². The van der Waals surface area contributed by atoms with Gasteiger partial charge in [0.2, 0.25) is 0 Å². The minimum atomic E-state index is -0.384. The van der Waals surface area contributed by atoms with E-state index in [1.165, 1.54) is 14.2 Å². The van der Waals surface area contributed by atoms with Crippen LogP contribution in [0.25, 0.3) is 0 Å². The third-order valence-electron chi connectivity index (χ3n) is 1.70. The molecule has 0 bridgehead atoms. The first-order chi connectivity index (χ1) is 6.69. The zero-order chi connectivity index (χ0) is 10.6. The van der Waals surface area contributed by atoms with Gasteiger partial charge in [-0.3, -0.25) is 0 Å². The van der Waals surface area contributed by atoms with E-state index in [9.17, 15) is 4.79 Å². The highest BCUT2D eigenvalue weighted by molar-refractivity contribution is 7.80. The number of carbonyl (C=O) groups excluding carboxylic acids is 1. The van der Waals surface area contributed by atoms with Crippen molar-refractivity contribution in [1.29, 1.82) is 0 Å². The number of benzene rings is 1. The highest BCUT2D eigenvalue weighted by Gasteiger charge is 2.07. The van der Waals surface area contributed by atoms with Crippen LogP contribution in [-0.2, 0) is 9.47 Å². The summed E-state index contributed by atoms with van der Waals surface area (Å²) in [5.41, 5.74) is 1.16. The lowest BCUT2D eigenvalue weighted by Gasteiger charge is -2.03. The first kappa shape index (κ1) is 10.7. The second kappa shape index (κ2) is 4.72. The molecule has 0 aliphatic rings. The molecule has 0 N–H and O–H groups in total. The predicted octanol–water partition coefficient (Wildman–Crippen LogP) is 1.80. The lowest BCUT2D eigenvalue weighted by Crippen LogP contribution is -2.05. The van der Waals surface area contributed by atoms with E-state index < -0.39 is 0 Å². The lowest BCUT2D eigenvalue weighted by molar-refractivity contribution is 0.0600. The van der Waals surface area contributed by atoms with Crippen LogP contribution in [0.2, 0.25) is 0 Å². The maximum Gasteiger partial charge on any atom is 0.337 e. The monoisotopic (exact) mass is 210 g/mol. The fourth-order valence-electron chi connectivity index (χ4n) is 1.01. The summed E-state index contributed by atoms with van der Waals surface area (Å²) in [5.74, 6) is -0.384. The van der Waals surface area contributed by atoms with Gasteiger partial charge in [-0.1, -0.05) is 12.1 Å². The van der Waals surface area contributed by atoms with Crippen LogP contribution < -0.4 is 0 Å². The minimum absolute atomic E-state index is 0.357. The van der Waals surface area contributed by atoms with Crippen LogP contribution in [-0.4, -0.2) is 25.2 Å². The largest absolute Gasteiger partial charge is 0.486 e. The van der Waals surface area contributed by atoms with Crippen molar-refractivity contribution in [3.8, 4) is 0 Å². The molecule has 0 unspecified atom stereocenters. The van der Waals surface area contributed by atoms with Gasteiger partial charge in [0.05, 0.1) is 19.8 Å². The average molecular weight is 210 g/mol. The maximum atomic E-state index is 11.2. The summed E-state index contributed by atoms with van der Waals surface area (Å²) in [4.78, 5) is 11.2. The molecule has 0 spiro atoms. The molecule has 3 nitrogen and oxygen atoms in total. The summed E-state index contributed by atoms with van der Waals surface area (Å²) in [6.07, 6.45) is 0. The van der Waals surface area contributed by atoms with E-state index in [1.807, 2.05) is 0 Å². The second-order valence-electron chi connectivity index (χ2n) is 2.56. The third kappa shape index (κ3) is 2.29. The van der Waals surface area contributed by atoms with Crippen LogP contribution >= 0.6 is 12.2 Å².